The number of halogens is 1. The van der Waals surface area contributed by atoms with Crippen LogP contribution in [-0.2, 0) is 6.42 Å². The summed E-state index contributed by atoms with van der Waals surface area (Å²) in [5.74, 6) is 3.02. The molecule has 2 aliphatic rings. The van der Waals surface area contributed by atoms with Gasteiger partial charge in [-0.2, -0.15) is 0 Å². The van der Waals surface area contributed by atoms with E-state index in [0.717, 1.165) is 35.2 Å². The van der Waals surface area contributed by atoms with Crippen molar-refractivity contribution in [3.63, 3.8) is 0 Å². The van der Waals surface area contributed by atoms with Gasteiger partial charge in [-0.15, -0.1) is 0 Å². The minimum atomic E-state index is 0.638. The molecule has 2 fully saturated rings. The van der Waals surface area contributed by atoms with Crippen molar-refractivity contribution in [2.75, 3.05) is 6.54 Å². The van der Waals surface area contributed by atoms with Crippen molar-refractivity contribution in [2.24, 2.45) is 17.8 Å². The zero-order valence-electron chi connectivity index (χ0n) is 10.9. The molecular formula is C15H21BrN2. The summed E-state index contributed by atoms with van der Waals surface area (Å²) in [4.78, 5) is 4.27. The van der Waals surface area contributed by atoms with E-state index in [1.807, 2.05) is 12.4 Å². The minimum absolute atomic E-state index is 0.638. The van der Waals surface area contributed by atoms with E-state index in [0.29, 0.717) is 6.04 Å². The average Bonchev–Trinajstić information content (AvgIpc) is 2.96. The third-order valence-corrected chi connectivity index (χ3v) is 4.97. The zero-order chi connectivity index (χ0) is 12.5. The number of hydrogen-bond donors (Lipinski definition) is 1. The molecule has 98 valence electrons. The normalized spacial score (nSPS) is 31.1. The summed E-state index contributed by atoms with van der Waals surface area (Å²) in [6.07, 6.45) is 9.38. The summed E-state index contributed by atoms with van der Waals surface area (Å²) in [5.41, 5.74) is 1.34. The second-order valence-corrected chi connectivity index (χ2v) is 6.78. The van der Waals surface area contributed by atoms with Gasteiger partial charge < -0.3 is 5.32 Å². The Bertz CT molecular complexity index is 411. The number of hydrogen-bond acceptors (Lipinski definition) is 2. The monoisotopic (exact) mass is 308 g/mol. The highest BCUT2D eigenvalue weighted by Gasteiger charge is 2.47. The molecule has 0 aromatic carbocycles. The van der Waals surface area contributed by atoms with Gasteiger partial charge in [-0.3, -0.25) is 4.98 Å². The molecule has 3 unspecified atom stereocenters. The third kappa shape index (κ3) is 2.77. The lowest BCUT2D eigenvalue weighted by molar-refractivity contribution is 0.337. The van der Waals surface area contributed by atoms with Gasteiger partial charge >= 0.3 is 0 Å². The summed E-state index contributed by atoms with van der Waals surface area (Å²) in [7, 11) is 0. The molecule has 2 saturated carbocycles. The van der Waals surface area contributed by atoms with Crippen molar-refractivity contribution in [1.29, 1.82) is 0 Å². The highest BCUT2D eigenvalue weighted by Crippen LogP contribution is 2.55. The molecule has 18 heavy (non-hydrogen) atoms. The van der Waals surface area contributed by atoms with E-state index in [2.05, 4.69) is 39.2 Å². The molecule has 0 radical (unpaired) electrons. The van der Waals surface area contributed by atoms with Crippen molar-refractivity contribution in [3.05, 3.63) is 28.5 Å². The van der Waals surface area contributed by atoms with Crippen molar-refractivity contribution in [2.45, 2.75) is 38.6 Å². The Labute approximate surface area is 118 Å². The molecule has 1 aromatic heterocycles. The van der Waals surface area contributed by atoms with Gasteiger partial charge in [0.1, 0.15) is 0 Å². The van der Waals surface area contributed by atoms with Crippen LogP contribution in [0.3, 0.4) is 0 Å². The van der Waals surface area contributed by atoms with Crippen LogP contribution < -0.4 is 5.32 Å². The van der Waals surface area contributed by atoms with Crippen LogP contribution in [0.1, 0.15) is 31.7 Å². The Kier molecular flexibility index (Phi) is 3.71. The van der Waals surface area contributed by atoms with Crippen LogP contribution in [-0.4, -0.2) is 17.6 Å². The third-order valence-electron chi connectivity index (χ3n) is 4.53. The van der Waals surface area contributed by atoms with E-state index in [4.69, 9.17) is 0 Å². The molecule has 2 nitrogen and oxygen atoms in total. The Hall–Kier alpha value is -0.410. The summed E-state index contributed by atoms with van der Waals surface area (Å²) in [6.45, 7) is 3.28. The van der Waals surface area contributed by atoms with Crippen LogP contribution >= 0.6 is 15.9 Å². The van der Waals surface area contributed by atoms with Crippen molar-refractivity contribution in [1.82, 2.24) is 10.3 Å². The number of pyridine rings is 1. The first-order chi connectivity index (χ1) is 8.76. The molecule has 0 saturated heterocycles. The average molecular weight is 309 g/mol. The summed E-state index contributed by atoms with van der Waals surface area (Å²) in [5, 5.41) is 3.69. The van der Waals surface area contributed by atoms with Crippen molar-refractivity contribution < 1.29 is 0 Å². The first-order valence-corrected chi connectivity index (χ1v) is 7.88. The van der Waals surface area contributed by atoms with Gasteiger partial charge in [0.2, 0.25) is 0 Å². The minimum Gasteiger partial charge on any atom is -0.314 e. The van der Waals surface area contributed by atoms with E-state index in [9.17, 15) is 0 Å². The first-order valence-electron chi connectivity index (χ1n) is 7.09. The lowest BCUT2D eigenvalue weighted by atomic mass is 9.90. The topological polar surface area (TPSA) is 24.9 Å². The predicted octanol–water partition coefficient (Wildman–Crippen LogP) is 3.41. The standard InChI is InChI=1S/C15H21BrN2/c1-2-18-15(13-6-11-5-12(11)7-13)4-10-3-14(16)9-17-8-10/h3,8-9,11-13,15,18H,2,4-7H2,1H3. The molecule has 0 spiro atoms. The highest BCUT2D eigenvalue weighted by atomic mass is 79.9. The zero-order valence-corrected chi connectivity index (χ0v) is 12.5. The molecular weight excluding hydrogens is 288 g/mol. The number of fused-ring (bicyclic) bond motifs is 1. The van der Waals surface area contributed by atoms with Crippen LogP contribution in [0.2, 0.25) is 0 Å². The summed E-state index contributed by atoms with van der Waals surface area (Å²) in [6, 6.07) is 2.84. The van der Waals surface area contributed by atoms with Crippen LogP contribution in [0.15, 0.2) is 22.9 Å². The Balaban J connectivity index is 1.66. The van der Waals surface area contributed by atoms with Crippen LogP contribution in [0.25, 0.3) is 0 Å². The highest BCUT2D eigenvalue weighted by molar-refractivity contribution is 9.10. The Morgan fingerprint density at radius 2 is 2.11 bits per heavy atom. The van der Waals surface area contributed by atoms with E-state index in [1.54, 1.807) is 0 Å². The SMILES string of the molecule is CCNC(Cc1cncc(Br)c1)C1CC2CC2C1. The maximum absolute atomic E-state index is 4.27. The maximum atomic E-state index is 4.27. The number of rotatable bonds is 5. The number of aromatic nitrogens is 1. The second-order valence-electron chi connectivity index (χ2n) is 5.87. The van der Waals surface area contributed by atoms with E-state index < -0.39 is 0 Å². The van der Waals surface area contributed by atoms with Crippen molar-refractivity contribution in [3.8, 4) is 0 Å². The Morgan fingerprint density at radius 1 is 1.33 bits per heavy atom. The summed E-state index contributed by atoms with van der Waals surface area (Å²) >= 11 is 3.51. The Morgan fingerprint density at radius 3 is 2.78 bits per heavy atom. The number of nitrogens with zero attached hydrogens (tertiary/aromatic N) is 1. The molecule has 0 amide bonds. The van der Waals surface area contributed by atoms with E-state index in [1.165, 1.54) is 24.8 Å². The number of nitrogens with one attached hydrogen (secondary N) is 1. The second kappa shape index (κ2) is 5.30. The smallest absolute Gasteiger partial charge is 0.0410 e. The van der Waals surface area contributed by atoms with E-state index >= 15 is 0 Å². The molecule has 0 aliphatic heterocycles. The molecule has 1 aromatic rings. The number of likely N-dealkylation sites (N-methyl/N-ethyl adjacent to an activating group) is 1. The fourth-order valence-electron chi connectivity index (χ4n) is 3.58. The largest absolute Gasteiger partial charge is 0.314 e. The lowest BCUT2D eigenvalue weighted by Gasteiger charge is -2.25. The molecule has 1 heterocycles. The van der Waals surface area contributed by atoms with E-state index in [-0.39, 0.29) is 0 Å². The quantitative estimate of drug-likeness (QED) is 0.901. The van der Waals surface area contributed by atoms with Gasteiger partial charge in [-0.1, -0.05) is 6.92 Å². The van der Waals surface area contributed by atoms with Crippen LogP contribution in [0, 0.1) is 17.8 Å². The van der Waals surface area contributed by atoms with Gasteiger partial charge in [0.15, 0.2) is 0 Å². The fourth-order valence-corrected chi connectivity index (χ4v) is 3.99. The van der Waals surface area contributed by atoms with Crippen LogP contribution in [0.5, 0.6) is 0 Å². The predicted molar refractivity (Wildman–Crippen MR) is 77.4 cm³/mol. The molecule has 2 aliphatic carbocycles. The maximum Gasteiger partial charge on any atom is 0.0410 e. The van der Waals surface area contributed by atoms with Crippen LogP contribution in [0.4, 0.5) is 0 Å². The lowest BCUT2D eigenvalue weighted by Crippen LogP contribution is -2.37. The summed E-state index contributed by atoms with van der Waals surface area (Å²) < 4.78 is 1.09. The van der Waals surface area contributed by atoms with Gasteiger partial charge in [-0.05, 0) is 77.5 Å². The van der Waals surface area contributed by atoms with Crippen molar-refractivity contribution >= 4 is 15.9 Å². The fraction of sp³-hybridized carbons (Fsp3) is 0.667. The molecule has 0 bridgehead atoms. The molecule has 3 heteroatoms. The molecule has 3 atom stereocenters. The molecule has 1 N–H and O–H groups in total. The van der Waals surface area contributed by atoms with Gasteiger partial charge in [0.05, 0.1) is 0 Å². The molecule has 3 rings (SSSR count). The van der Waals surface area contributed by atoms with Gasteiger partial charge in [-0.25, -0.2) is 0 Å². The van der Waals surface area contributed by atoms with Gasteiger partial charge in [0.25, 0.3) is 0 Å². The first kappa shape index (κ1) is 12.6. The van der Waals surface area contributed by atoms with Gasteiger partial charge in [0, 0.05) is 22.9 Å².